The predicted octanol–water partition coefficient (Wildman–Crippen LogP) is 2.62. The van der Waals surface area contributed by atoms with E-state index in [1.54, 1.807) is 6.21 Å². The van der Waals surface area contributed by atoms with Crippen molar-refractivity contribution in [1.82, 2.24) is 4.90 Å². The highest BCUT2D eigenvalue weighted by Crippen LogP contribution is 2.13. The van der Waals surface area contributed by atoms with E-state index in [4.69, 9.17) is 10.6 Å². The SMILES string of the molecule is NN=Cc1cccc(OCCCCN2CCCCC2)c1. The lowest BCUT2D eigenvalue weighted by Gasteiger charge is -2.26. The van der Waals surface area contributed by atoms with Gasteiger partial charge in [-0.3, -0.25) is 0 Å². The van der Waals surface area contributed by atoms with Gasteiger partial charge in [0.05, 0.1) is 12.8 Å². The van der Waals surface area contributed by atoms with Crippen molar-refractivity contribution < 1.29 is 4.74 Å². The molecule has 4 nitrogen and oxygen atoms in total. The molecule has 110 valence electrons. The molecule has 1 aliphatic rings. The molecule has 0 radical (unpaired) electrons. The number of hydrazone groups is 1. The Bertz CT molecular complexity index is 414. The summed E-state index contributed by atoms with van der Waals surface area (Å²) in [7, 11) is 0. The van der Waals surface area contributed by atoms with E-state index in [2.05, 4.69) is 10.0 Å². The molecule has 1 aliphatic heterocycles. The first-order valence-electron chi connectivity index (χ1n) is 7.57. The zero-order valence-electron chi connectivity index (χ0n) is 12.1. The Morgan fingerprint density at radius 1 is 1.20 bits per heavy atom. The quantitative estimate of drug-likeness (QED) is 0.360. The highest BCUT2D eigenvalue weighted by molar-refractivity contribution is 5.79. The van der Waals surface area contributed by atoms with Crippen LogP contribution in [0.2, 0.25) is 0 Å². The van der Waals surface area contributed by atoms with Gasteiger partial charge in [-0.2, -0.15) is 5.10 Å². The molecule has 2 rings (SSSR count). The summed E-state index contributed by atoms with van der Waals surface area (Å²) in [5.74, 6) is 6.03. The van der Waals surface area contributed by atoms with Crippen LogP contribution in [-0.4, -0.2) is 37.4 Å². The molecule has 2 N–H and O–H groups in total. The van der Waals surface area contributed by atoms with E-state index in [9.17, 15) is 0 Å². The topological polar surface area (TPSA) is 50.9 Å². The van der Waals surface area contributed by atoms with Crippen molar-refractivity contribution in [2.45, 2.75) is 32.1 Å². The van der Waals surface area contributed by atoms with Crippen molar-refractivity contribution in [2.24, 2.45) is 10.9 Å². The van der Waals surface area contributed by atoms with Crippen molar-refractivity contribution in [3.8, 4) is 5.75 Å². The van der Waals surface area contributed by atoms with E-state index in [0.717, 1.165) is 24.3 Å². The normalized spacial score (nSPS) is 16.6. The third kappa shape index (κ3) is 5.21. The second-order valence-electron chi connectivity index (χ2n) is 5.31. The van der Waals surface area contributed by atoms with Crippen LogP contribution in [0.25, 0.3) is 0 Å². The highest BCUT2D eigenvalue weighted by Gasteiger charge is 2.08. The Hall–Kier alpha value is -1.55. The highest BCUT2D eigenvalue weighted by atomic mass is 16.5. The molecule has 1 aromatic carbocycles. The summed E-state index contributed by atoms with van der Waals surface area (Å²) in [5.41, 5.74) is 0.971. The average Bonchev–Trinajstić information content (AvgIpc) is 2.49. The summed E-state index contributed by atoms with van der Waals surface area (Å²) >= 11 is 0. The lowest BCUT2D eigenvalue weighted by atomic mass is 10.1. The fraction of sp³-hybridized carbons (Fsp3) is 0.562. The fourth-order valence-corrected chi connectivity index (χ4v) is 2.58. The molecule has 0 spiro atoms. The summed E-state index contributed by atoms with van der Waals surface area (Å²) in [6, 6.07) is 7.85. The molecule has 0 atom stereocenters. The fourth-order valence-electron chi connectivity index (χ4n) is 2.58. The summed E-state index contributed by atoms with van der Waals surface area (Å²) in [6.07, 6.45) is 8.08. The number of hydrogen-bond donors (Lipinski definition) is 1. The maximum atomic E-state index is 5.76. The number of rotatable bonds is 7. The molecule has 0 bridgehead atoms. The Kier molecular flexibility index (Phi) is 6.38. The Labute approximate surface area is 121 Å². The third-order valence-electron chi connectivity index (χ3n) is 3.67. The van der Waals surface area contributed by atoms with Gasteiger partial charge in [0, 0.05) is 0 Å². The minimum Gasteiger partial charge on any atom is -0.494 e. The lowest BCUT2D eigenvalue weighted by molar-refractivity contribution is 0.216. The molecular weight excluding hydrogens is 250 g/mol. The Balaban J connectivity index is 1.61. The second-order valence-corrected chi connectivity index (χ2v) is 5.31. The monoisotopic (exact) mass is 275 g/mol. The smallest absolute Gasteiger partial charge is 0.119 e. The van der Waals surface area contributed by atoms with Crippen molar-refractivity contribution >= 4 is 6.21 Å². The number of unbranched alkanes of at least 4 members (excludes halogenated alkanes) is 1. The van der Waals surface area contributed by atoms with Gasteiger partial charge in [-0.1, -0.05) is 18.6 Å². The van der Waals surface area contributed by atoms with Gasteiger partial charge < -0.3 is 15.5 Å². The summed E-state index contributed by atoms with van der Waals surface area (Å²) in [4.78, 5) is 2.57. The molecule has 1 heterocycles. The van der Waals surface area contributed by atoms with Crippen LogP contribution in [0.15, 0.2) is 29.4 Å². The van der Waals surface area contributed by atoms with Crippen LogP contribution in [0.1, 0.15) is 37.7 Å². The first kappa shape index (κ1) is 14.9. The van der Waals surface area contributed by atoms with Gasteiger partial charge in [0.1, 0.15) is 5.75 Å². The van der Waals surface area contributed by atoms with Crippen molar-refractivity contribution in [1.29, 1.82) is 0 Å². The van der Waals surface area contributed by atoms with Crippen LogP contribution in [0.4, 0.5) is 0 Å². The van der Waals surface area contributed by atoms with Gasteiger partial charge in [0.2, 0.25) is 0 Å². The zero-order valence-corrected chi connectivity index (χ0v) is 12.1. The van der Waals surface area contributed by atoms with Crippen LogP contribution in [0.3, 0.4) is 0 Å². The molecular formula is C16H25N3O. The Morgan fingerprint density at radius 2 is 2.05 bits per heavy atom. The number of nitrogens with two attached hydrogens (primary N) is 1. The van der Waals surface area contributed by atoms with E-state index in [1.165, 1.54) is 45.3 Å². The summed E-state index contributed by atoms with van der Waals surface area (Å²) in [6.45, 7) is 4.54. The average molecular weight is 275 g/mol. The van der Waals surface area contributed by atoms with Crippen molar-refractivity contribution in [3.05, 3.63) is 29.8 Å². The van der Waals surface area contributed by atoms with Gasteiger partial charge >= 0.3 is 0 Å². The zero-order chi connectivity index (χ0) is 14.0. The van der Waals surface area contributed by atoms with E-state index in [-0.39, 0.29) is 0 Å². The minimum atomic E-state index is 0.775. The predicted molar refractivity (Wildman–Crippen MR) is 83.2 cm³/mol. The molecule has 20 heavy (non-hydrogen) atoms. The van der Waals surface area contributed by atoms with Crippen LogP contribution in [-0.2, 0) is 0 Å². The Morgan fingerprint density at radius 3 is 2.85 bits per heavy atom. The number of ether oxygens (including phenoxy) is 1. The van der Waals surface area contributed by atoms with Gasteiger partial charge in [-0.05, 0) is 63.0 Å². The molecule has 1 fully saturated rings. The maximum Gasteiger partial charge on any atom is 0.119 e. The second kappa shape index (κ2) is 8.59. The molecule has 0 unspecified atom stereocenters. The van der Waals surface area contributed by atoms with Crippen LogP contribution in [0.5, 0.6) is 5.75 Å². The maximum absolute atomic E-state index is 5.76. The molecule has 0 saturated carbocycles. The van der Waals surface area contributed by atoms with E-state index in [1.807, 2.05) is 24.3 Å². The number of piperidine rings is 1. The molecule has 4 heteroatoms. The minimum absolute atomic E-state index is 0.775. The van der Waals surface area contributed by atoms with Crippen LogP contribution < -0.4 is 10.6 Å². The molecule has 0 aliphatic carbocycles. The van der Waals surface area contributed by atoms with Gasteiger partial charge in [0.15, 0.2) is 0 Å². The molecule has 0 aromatic heterocycles. The summed E-state index contributed by atoms with van der Waals surface area (Å²) in [5, 5.41) is 3.52. The van der Waals surface area contributed by atoms with Gasteiger partial charge in [-0.25, -0.2) is 0 Å². The van der Waals surface area contributed by atoms with Crippen molar-refractivity contribution in [3.63, 3.8) is 0 Å². The largest absolute Gasteiger partial charge is 0.494 e. The van der Waals surface area contributed by atoms with E-state index < -0.39 is 0 Å². The lowest BCUT2D eigenvalue weighted by Crippen LogP contribution is -2.30. The number of benzene rings is 1. The third-order valence-corrected chi connectivity index (χ3v) is 3.67. The number of likely N-dealkylation sites (tertiary alicyclic amines) is 1. The molecule has 1 aromatic rings. The molecule has 0 amide bonds. The van der Waals surface area contributed by atoms with E-state index >= 15 is 0 Å². The standard InChI is InChI=1S/C16H25N3O/c17-18-14-15-7-6-8-16(13-15)20-12-5-4-11-19-9-2-1-3-10-19/h6-8,13-14H,1-5,9-12,17H2. The van der Waals surface area contributed by atoms with E-state index in [0.29, 0.717) is 0 Å². The van der Waals surface area contributed by atoms with Gasteiger partial charge in [0.25, 0.3) is 0 Å². The first-order valence-corrected chi connectivity index (χ1v) is 7.57. The van der Waals surface area contributed by atoms with Crippen LogP contribution >= 0.6 is 0 Å². The van der Waals surface area contributed by atoms with Crippen molar-refractivity contribution in [2.75, 3.05) is 26.2 Å². The van der Waals surface area contributed by atoms with Gasteiger partial charge in [-0.15, -0.1) is 0 Å². The molecule has 1 saturated heterocycles. The number of hydrogen-bond acceptors (Lipinski definition) is 4. The van der Waals surface area contributed by atoms with Crippen LogP contribution in [0, 0.1) is 0 Å². The first-order chi connectivity index (χ1) is 9.88. The summed E-state index contributed by atoms with van der Waals surface area (Å²) < 4.78 is 5.76. The number of nitrogens with zero attached hydrogens (tertiary/aromatic N) is 2.